The summed E-state index contributed by atoms with van der Waals surface area (Å²) in [4.78, 5) is 17.7. The molecular formula is C13H21N3OS. The topological polar surface area (TPSA) is 35.6 Å². The molecule has 0 aliphatic carbocycles. The number of hydrogen-bond donors (Lipinski definition) is 1. The van der Waals surface area contributed by atoms with Crippen molar-refractivity contribution in [2.45, 2.75) is 6.54 Å². The predicted octanol–water partition coefficient (Wildman–Crippen LogP) is 0.858. The van der Waals surface area contributed by atoms with E-state index < -0.39 is 0 Å². The molecule has 1 fully saturated rings. The van der Waals surface area contributed by atoms with Gasteiger partial charge in [0.2, 0.25) is 5.91 Å². The molecule has 1 aliphatic rings. The molecule has 0 spiro atoms. The van der Waals surface area contributed by atoms with Gasteiger partial charge in [-0.25, -0.2) is 0 Å². The molecule has 1 saturated heterocycles. The van der Waals surface area contributed by atoms with Gasteiger partial charge in [-0.2, -0.15) is 0 Å². The second kappa shape index (κ2) is 6.31. The fraction of sp³-hybridized carbons (Fsp3) is 0.615. The van der Waals surface area contributed by atoms with Gasteiger partial charge >= 0.3 is 0 Å². The summed E-state index contributed by atoms with van der Waals surface area (Å²) in [5, 5.41) is 5.23. The van der Waals surface area contributed by atoms with E-state index in [4.69, 9.17) is 0 Å². The molecule has 100 valence electrons. The van der Waals surface area contributed by atoms with Crippen LogP contribution in [0.4, 0.5) is 0 Å². The van der Waals surface area contributed by atoms with Gasteiger partial charge in [0.1, 0.15) is 0 Å². The number of carbonyl (C=O) groups is 1. The Morgan fingerprint density at radius 1 is 1.44 bits per heavy atom. The third-order valence-electron chi connectivity index (χ3n) is 3.19. The van der Waals surface area contributed by atoms with Crippen molar-refractivity contribution >= 4 is 17.2 Å². The highest BCUT2D eigenvalue weighted by Crippen LogP contribution is 2.15. The third-order valence-corrected chi connectivity index (χ3v) is 4.05. The fourth-order valence-electron chi connectivity index (χ4n) is 1.90. The molecule has 5 heteroatoms. The first kappa shape index (κ1) is 13.5. The zero-order chi connectivity index (χ0) is 13.0. The molecule has 1 aliphatic heterocycles. The third kappa shape index (κ3) is 3.54. The average molecular weight is 267 g/mol. The molecule has 0 saturated carbocycles. The zero-order valence-electron chi connectivity index (χ0n) is 11.1. The van der Waals surface area contributed by atoms with Crippen LogP contribution < -0.4 is 5.32 Å². The van der Waals surface area contributed by atoms with E-state index in [1.165, 1.54) is 4.88 Å². The van der Waals surface area contributed by atoms with Crippen LogP contribution in [0.3, 0.4) is 0 Å². The summed E-state index contributed by atoms with van der Waals surface area (Å²) in [7, 11) is 4.08. The number of nitrogens with one attached hydrogen (secondary N) is 1. The van der Waals surface area contributed by atoms with E-state index in [9.17, 15) is 4.79 Å². The molecule has 0 atom stereocenters. The Labute approximate surface area is 113 Å². The van der Waals surface area contributed by atoms with E-state index in [1.54, 1.807) is 11.3 Å². The first-order valence-corrected chi connectivity index (χ1v) is 7.21. The highest BCUT2D eigenvalue weighted by Gasteiger charge is 2.29. The van der Waals surface area contributed by atoms with Crippen molar-refractivity contribution in [2.24, 2.45) is 5.92 Å². The average Bonchev–Trinajstić information content (AvgIpc) is 2.73. The molecule has 1 aromatic rings. The molecule has 2 heterocycles. The fourth-order valence-corrected chi connectivity index (χ4v) is 2.62. The Bertz CT molecular complexity index is 374. The summed E-state index contributed by atoms with van der Waals surface area (Å²) in [6, 6.07) is 4.14. The van der Waals surface area contributed by atoms with Crippen molar-refractivity contribution in [3.05, 3.63) is 22.4 Å². The lowest BCUT2D eigenvalue weighted by Gasteiger charge is -2.32. The first-order chi connectivity index (χ1) is 8.66. The van der Waals surface area contributed by atoms with E-state index in [2.05, 4.69) is 21.7 Å². The Balaban J connectivity index is 1.94. The molecule has 1 N–H and O–H groups in total. The van der Waals surface area contributed by atoms with Gasteiger partial charge in [0.15, 0.2) is 0 Å². The summed E-state index contributed by atoms with van der Waals surface area (Å²) in [6.45, 7) is 4.14. The van der Waals surface area contributed by atoms with Crippen LogP contribution in [-0.2, 0) is 11.3 Å². The Kier molecular flexibility index (Phi) is 4.74. The first-order valence-electron chi connectivity index (χ1n) is 6.33. The second-order valence-corrected chi connectivity index (χ2v) is 6.03. The van der Waals surface area contributed by atoms with Crippen LogP contribution in [0.25, 0.3) is 0 Å². The van der Waals surface area contributed by atoms with Crippen LogP contribution in [0.5, 0.6) is 0 Å². The maximum Gasteiger partial charge on any atom is 0.228 e. The molecule has 0 radical (unpaired) electrons. The maximum absolute atomic E-state index is 12.3. The summed E-state index contributed by atoms with van der Waals surface area (Å²) in [6.07, 6.45) is 0. The number of rotatable bonds is 6. The van der Waals surface area contributed by atoms with Crippen molar-refractivity contribution in [2.75, 3.05) is 40.3 Å². The smallest absolute Gasteiger partial charge is 0.228 e. The lowest BCUT2D eigenvalue weighted by atomic mass is 10.0. The summed E-state index contributed by atoms with van der Waals surface area (Å²) < 4.78 is 0. The predicted molar refractivity (Wildman–Crippen MR) is 74.6 cm³/mol. The monoisotopic (exact) mass is 267 g/mol. The minimum Gasteiger partial charge on any atom is -0.336 e. The number of amides is 1. The minimum absolute atomic E-state index is 0.187. The quantitative estimate of drug-likeness (QED) is 0.830. The molecule has 1 amide bonds. The van der Waals surface area contributed by atoms with Gasteiger partial charge in [-0.15, -0.1) is 11.3 Å². The lowest BCUT2D eigenvalue weighted by Crippen LogP contribution is -2.52. The van der Waals surface area contributed by atoms with E-state index >= 15 is 0 Å². The summed E-state index contributed by atoms with van der Waals surface area (Å²) >= 11 is 1.72. The van der Waals surface area contributed by atoms with E-state index in [0.717, 1.165) is 32.7 Å². The Morgan fingerprint density at radius 3 is 2.72 bits per heavy atom. The zero-order valence-corrected chi connectivity index (χ0v) is 11.9. The molecule has 18 heavy (non-hydrogen) atoms. The molecule has 1 aromatic heterocycles. The van der Waals surface area contributed by atoms with Crippen LogP contribution in [0.2, 0.25) is 0 Å². The van der Waals surface area contributed by atoms with Gasteiger partial charge < -0.3 is 15.1 Å². The molecular weight excluding hydrogens is 246 g/mol. The van der Waals surface area contributed by atoms with Crippen molar-refractivity contribution in [1.29, 1.82) is 0 Å². The number of hydrogen-bond acceptors (Lipinski definition) is 4. The van der Waals surface area contributed by atoms with Gasteiger partial charge in [0, 0.05) is 31.1 Å². The standard InChI is InChI=1S/C13H21N3OS/c1-15(2)5-6-16(10-12-4-3-7-18-12)13(17)11-8-14-9-11/h3-4,7,11,14H,5-6,8-10H2,1-2H3. The lowest BCUT2D eigenvalue weighted by molar-refractivity contribution is -0.137. The van der Waals surface area contributed by atoms with Gasteiger partial charge in [-0.05, 0) is 25.5 Å². The van der Waals surface area contributed by atoms with Crippen molar-refractivity contribution < 1.29 is 4.79 Å². The van der Waals surface area contributed by atoms with Crippen molar-refractivity contribution in [3.8, 4) is 0 Å². The SMILES string of the molecule is CN(C)CCN(Cc1cccs1)C(=O)C1CNC1. The molecule has 0 aromatic carbocycles. The highest BCUT2D eigenvalue weighted by atomic mass is 32.1. The van der Waals surface area contributed by atoms with Crippen LogP contribution in [0.1, 0.15) is 4.88 Å². The van der Waals surface area contributed by atoms with E-state index in [1.807, 2.05) is 25.1 Å². The number of nitrogens with zero attached hydrogens (tertiary/aromatic N) is 2. The normalized spacial score (nSPS) is 15.7. The van der Waals surface area contributed by atoms with Crippen LogP contribution >= 0.6 is 11.3 Å². The van der Waals surface area contributed by atoms with Crippen molar-refractivity contribution in [1.82, 2.24) is 15.1 Å². The number of carbonyl (C=O) groups excluding carboxylic acids is 1. The number of likely N-dealkylation sites (N-methyl/N-ethyl adjacent to an activating group) is 1. The molecule has 0 unspecified atom stereocenters. The largest absolute Gasteiger partial charge is 0.336 e. The van der Waals surface area contributed by atoms with Crippen LogP contribution in [0.15, 0.2) is 17.5 Å². The van der Waals surface area contributed by atoms with E-state index in [0.29, 0.717) is 5.91 Å². The number of thiophene rings is 1. The molecule has 2 rings (SSSR count). The van der Waals surface area contributed by atoms with Crippen LogP contribution in [-0.4, -0.2) is 56.0 Å². The summed E-state index contributed by atoms with van der Waals surface area (Å²) in [5.74, 6) is 0.483. The second-order valence-electron chi connectivity index (χ2n) is 5.00. The molecule has 0 bridgehead atoms. The Morgan fingerprint density at radius 2 is 2.22 bits per heavy atom. The summed E-state index contributed by atoms with van der Waals surface area (Å²) in [5.41, 5.74) is 0. The molecule has 4 nitrogen and oxygen atoms in total. The van der Waals surface area contributed by atoms with Crippen LogP contribution in [0, 0.1) is 5.92 Å². The van der Waals surface area contributed by atoms with Gasteiger partial charge in [0.05, 0.1) is 12.5 Å². The Hall–Kier alpha value is -0.910. The van der Waals surface area contributed by atoms with E-state index in [-0.39, 0.29) is 5.92 Å². The van der Waals surface area contributed by atoms with Gasteiger partial charge in [-0.1, -0.05) is 6.07 Å². The van der Waals surface area contributed by atoms with Crippen molar-refractivity contribution in [3.63, 3.8) is 0 Å². The van der Waals surface area contributed by atoms with Gasteiger partial charge in [-0.3, -0.25) is 4.79 Å². The maximum atomic E-state index is 12.3. The minimum atomic E-state index is 0.187. The van der Waals surface area contributed by atoms with Gasteiger partial charge in [0.25, 0.3) is 0 Å². The highest BCUT2D eigenvalue weighted by molar-refractivity contribution is 7.09.